The summed E-state index contributed by atoms with van der Waals surface area (Å²) in [5, 5.41) is 9.53. The number of carboxylic acids is 1. The van der Waals surface area contributed by atoms with Gasteiger partial charge in [-0.15, -0.1) is 0 Å². The minimum atomic E-state index is -3.46. The van der Waals surface area contributed by atoms with E-state index in [9.17, 15) is 18.3 Å². The van der Waals surface area contributed by atoms with Crippen LogP contribution in [0.2, 0.25) is 5.02 Å². The molecule has 0 unspecified atom stereocenters. The lowest BCUT2D eigenvalue weighted by molar-refractivity contribution is -0.132. The van der Waals surface area contributed by atoms with Gasteiger partial charge < -0.3 is 15.7 Å². The standard InChI is InChI=1S/C19H18BrClN4O5S.C2H6/c1-31(28,29)12-6-4-5-11(9-12)18(30-23)24-10-15(16(20)17(22)19(26)27)25-14-8-3-2-7-13(14)21;1-2/h2-9H,10,22-23H2,1H3,(H,26,27);1-2H3/b17-16+,24-18?,25-15?;. The Labute approximate surface area is 205 Å². The first-order chi connectivity index (χ1) is 15.5. The van der Waals surface area contributed by atoms with Crippen molar-refractivity contribution < 1.29 is 23.2 Å². The predicted octanol–water partition coefficient (Wildman–Crippen LogP) is 3.83. The smallest absolute Gasteiger partial charge is 0.352 e. The van der Waals surface area contributed by atoms with E-state index < -0.39 is 21.5 Å². The van der Waals surface area contributed by atoms with Crippen molar-refractivity contribution in [3.05, 3.63) is 69.3 Å². The number of hydrogen-bond acceptors (Lipinski definition) is 8. The summed E-state index contributed by atoms with van der Waals surface area (Å²) in [5.41, 5.74) is 5.91. The number of rotatable bonds is 7. The highest BCUT2D eigenvalue weighted by atomic mass is 79.9. The second-order valence-electron chi connectivity index (χ2n) is 6.08. The summed E-state index contributed by atoms with van der Waals surface area (Å²) in [4.78, 5) is 24.7. The molecule has 5 N–H and O–H groups in total. The molecular weight excluding hydrogens is 536 g/mol. The second-order valence-corrected chi connectivity index (χ2v) is 9.30. The molecule has 33 heavy (non-hydrogen) atoms. The molecule has 0 radical (unpaired) electrons. The highest BCUT2D eigenvalue weighted by Gasteiger charge is 2.16. The second kappa shape index (κ2) is 13.1. The Bertz CT molecular complexity index is 1200. The number of sulfone groups is 1. The van der Waals surface area contributed by atoms with Gasteiger partial charge in [0.15, 0.2) is 9.84 Å². The Kier molecular flexibility index (Phi) is 11.2. The summed E-state index contributed by atoms with van der Waals surface area (Å²) >= 11 is 9.28. The SMILES string of the molecule is CC.CS(=O)(=O)c1cccc(C(=NCC(=Nc2ccccc2Cl)/C(Br)=C(\N)C(=O)O)ON)c1. The van der Waals surface area contributed by atoms with Crippen LogP contribution in [0.3, 0.4) is 0 Å². The summed E-state index contributed by atoms with van der Waals surface area (Å²) in [6.45, 7) is 3.79. The van der Waals surface area contributed by atoms with E-state index in [-0.39, 0.29) is 27.5 Å². The molecule has 0 aliphatic heterocycles. The van der Waals surface area contributed by atoms with Crippen LogP contribution < -0.4 is 11.6 Å². The number of carbonyl (C=O) groups is 1. The topological polar surface area (TPSA) is 157 Å². The van der Waals surface area contributed by atoms with Crippen LogP contribution in [0.4, 0.5) is 5.69 Å². The van der Waals surface area contributed by atoms with Gasteiger partial charge in [0.05, 0.1) is 32.3 Å². The van der Waals surface area contributed by atoms with Gasteiger partial charge >= 0.3 is 5.97 Å². The molecule has 2 aromatic rings. The minimum Gasteiger partial charge on any atom is -0.477 e. The molecule has 0 saturated carbocycles. The number of nitrogens with two attached hydrogens (primary N) is 2. The molecule has 0 aliphatic rings. The van der Waals surface area contributed by atoms with Gasteiger partial charge in [0, 0.05) is 11.8 Å². The zero-order valence-electron chi connectivity index (χ0n) is 18.1. The molecule has 0 saturated heterocycles. The van der Waals surface area contributed by atoms with Crippen LogP contribution in [-0.4, -0.2) is 43.9 Å². The monoisotopic (exact) mass is 558 g/mol. The Morgan fingerprint density at radius 1 is 1.18 bits per heavy atom. The summed E-state index contributed by atoms with van der Waals surface area (Å²) < 4.78 is 23.6. The molecule has 0 atom stereocenters. The number of benzene rings is 2. The highest BCUT2D eigenvalue weighted by molar-refractivity contribution is 9.12. The fourth-order valence-corrected chi connectivity index (χ4v) is 3.52. The minimum absolute atomic E-state index is 0.00933. The van der Waals surface area contributed by atoms with Gasteiger partial charge in [-0.3, -0.25) is 0 Å². The Hall–Kier alpha value is -2.73. The third kappa shape index (κ3) is 8.28. The van der Waals surface area contributed by atoms with Crippen molar-refractivity contribution in [2.45, 2.75) is 18.7 Å². The molecule has 12 heteroatoms. The van der Waals surface area contributed by atoms with Gasteiger partial charge in [0.1, 0.15) is 5.70 Å². The van der Waals surface area contributed by atoms with Crippen molar-refractivity contribution in [1.82, 2.24) is 0 Å². The van der Waals surface area contributed by atoms with Gasteiger partial charge in [-0.1, -0.05) is 43.6 Å². The van der Waals surface area contributed by atoms with Crippen LogP contribution >= 0.6 is 27.5 Å². The molecule has 2 aromatic carbocycles. The molecule has 0 spiro atoms. The largest absolute Gasteiger partial charge is 0.477 e. The molecule has 0 fully saturated rings. The number of aliphatic carboxylic acids is 1. The maximum absolute atomic E-state index is 11.8. The Balaban J connectivity index is 0.00000265. The van der Waals surface area contributed by atoms with Crippen molar-refractivity contribution in [1.29, 1.82) is 0 Å². The molecule has 0 heterocycles. The fourth-order valence-electron chi connectivity index (χ4n) is 2.29. The molecule has 0 aromatic heterocycles. The molecule has 178 valence electrons. The maximum atomic E-state index is 11.8. The van der Waals surface area contributed by atoms with E-state index in [4.69, 9.17) is 28.1 Å². The van der Waals surface area contributed by atoms with Crippen molar-refractivity contribution >= 4 is 60.6 Å². The van der Waals surface area contributed by atoms with Crippen molar-refractivity contribution in [2.24, 2.45) is 21.6 Å². The fraction of sp³-hybridized carbons (Fsp3) is 0.190. The first-order valence-corrected chi connectivity index (χ1v) is 12.5. The zero-order valence-corrected chi connectivity index (χ0v) is 21.3. The normalized spacial score (nSPS) is 12.9. The van der Waals surface area contributed by atoms with Gasteiger partial charge in [-0.2, -0.15) is 5.90 Å². The third-order valence-electron chi connectivity index (χ3n) is 3.82. The van der Waals surface area contributed by atoms with E-state index in [1.165, 1.54) is 18.2 Å². The van der Waals surface area contributed by atoms with E-state index in [1.807, 2.05) is 13.8 Å². The van der Waals surface area contributed by atoms with Gasteiger partial charge in [-0.25, -0.2) is 23.2 Å². The molecule has 9 nitrogen and oxygen atoms in total. The number of halogens is 2. The Morgan fingerprint density at radius 2 is 1.82 bits per heavy atom. The summed E-state index contributed by atoms with van der Waals surface area (Å²) in [6, 6.07) is 12.5. The molecule has 0 amide bonds. The average molecular weight is 560 g/mol. The number of carboxylic acid groups (broad SMARTS) is 1. The lowest BCUT2D eigenvalue weighted by Crippen LogP contribution is -2.19. The summed E-state index contributed by atoms with van der Waals surface area (Å²) in [6.07, 6.45) is 1.07. The van der Waals surface area contributed by atoms with Crippen molar-refractivity contribution in [3.8, 4) is 0 Å². The average Bonchev–Trinajstić information content (AvgIpc) is 2.79. The van der Waals surface area contributed by atoms with Gasteiger partial charge in [0.2, 0.25) is 5.90 Å². The first kappa shape index (κ1) is 28.3. The van der Waals surface area contributed by atoms with Gasteiger partial charge in [-0.05, 0) is 46.3 Å². The predicted molar refractivity (Wildman–Crippen MR) is 134 cm³/mol. The Morgan fingerprint density at radius 3 is 2.36 bits per heavy atom. The van der Waals surface area contributed by atoms with Crippen molar-refractivity contribution in [3.63, 3.8) is 0 Å². The molecule has 0 aliphatic carbocycles. The van der Waals surface area contributed by atoms with E-state index in [0.717, 1.165) is 6.26 Å². The van der Waals surface area contributed by atoms with Crippen LogP contribution in [0, 0.1) is 0 Å². The van der Waals surface area contributed by atoms with E-state index in [2.05, 4.69) is 25.9 Å². The molecule has 0 bridgehead atoms. The third-order valence-corrected chi connectivity index (χ3v) is 6.14. The number of nitrogens with zero attached hydrogens (tertiary/aromatic N) is 2. The summed E-state index contributed by atoms with van der Waals surface area (Å²) in [5.74, 6) is 3.87. The van der Waals surface area contributed by atoms with Crippen LogP contribution in [0.5, 0.6) is 0 Å². The number of hydrogen-bond donors (Lipinski definition) is 3. The van der Waals surface area contributed by atoms with Crippen LogP contribution in [0.1, 0.15) is 19.4 Å². The lowest BCUT2D eigenvalue weighted by Gasteiger charge is -2.09. The maximum Gasteiger partial charge on any atom is 0.352 e. The van der Waals surface area contributed by atoms with E-state index in [1.54, 1.807) is 30.3 Å². The summed E-state index contributed by atoms with van der Waals surface area (Å²) in [7, 11) is -3.46. The van der Waals surface area contributed by atoms with E-state index >= 15 is 0 Å². The molecular formula is C21H24BrClN4O5S. The van der Waals surface area contributed by atoms with E-state index in [0.29, 0.717) is 16.3 Å². The van der Waals surface area contributed by atoms with Crippen LogP contribution in [0.25, 0.3) is 0 Å². The lowest BCUT2D eigenvalue weighted by atomic mass is 10.2. The van der Waals surface area contributed by atoms with Gasteiger partial charge in [0.25, 0.3) is 0 Å². The first-order valence-electron chi connectivity index (χ1n) is 9.47. The zero-order chi connectivity index (χ0) is 25.2. The number of para-hydroxylation sites is 1. The molecule has 2 rings (SSSR count). The quantitative estimate of drug-likeness (QED) is 0.201. The van der Waals surface area contributed by atoms with Crippen LogP contribution in [-0.2, 0) is 19.5 Å². The number of aliphatic imine (C=N–C) groups is 2. The van der Waals surface area contributed by atoms with Crippen molar-refractivity contribution in [2.75, 3.05) is 12.8 Å². The highest BCUT2D eigenvalue weighted by Crippen LogP contribution is 2.26. The van der Waals surface area contributed by atoms with Crippen LogP contribution in [0.15, 0.2) is 73.6 Å².